The van der Waals surface area contributed by atoms with Crippen molar-refractivity contribution in [2.75, 3.05) is 27.2 Å². The second-order valence-corrected chi connectivity index (χ2v) is 8.25. The quantitative estimate of drug-likeness (QED) is 0.794. The number of H-pyrrole nitrogens is 1. The van der Waals surface area contributed by atoms with Crippen molar-refractivity contribution in [1.82, 2.24) is 25.1 Å². The Morgan fingerprint density at radius 1 is 1.39 bits per heavy atom. The molecular formula is C21H31N5O2. The topological polar surface area (TPSA) is 81.3 Å². The van der Waals surface area contributed by atoms with Gasteiger partial charge in [-0.15, -0.1) is 0 Å². The second-order valence-electron chi connectivity index (χ2n) is 8.25. The molecule has 1 fully saturated rings. The van der Waals surface area contributed by atoms with Crippen molar-refractivity contribution in [2.45, 2.75) is 45.2 Å². The number of rotatable bonds is 6. The van der Waals surface area contributed by atoms with Crippen molar-refractivity contribution in [3.63, 3.8) is 0 Å². The molecule has 0 bridgehead atoms. The van der Waals surface area contributed by atoms with E-state index in [1.807, 2.05) is 36.2 Å². The van der Waals surface area contributed by atoms with Gasteiger partial charge in [0.15, 0.2) is 0 Å². The number of hydrogen-bond acceptors (Lipinski definition) is 4. The molecule has 28 heavy (non-hydrogen) atoms. The summed E-state index contributed by atoms with van der Waals surface area (Å²) in [5, 5.41) is 4.20. The molecule has 1 saturated heterocycles. The first-order valence-electron chi connectivity index (χ1n) is 10.0. The van der Waals surface area contributed by atoms with Gasteiger partial charge in [0.2, 0.25) is 11.8 Å². The summed E-state index contributed by atoms with van der Waals surface area (Å²) in [4.78, 5) is 36.7. The van der Waals surface area contributed by atoms with Gasteiger partial charge in [0.05, 0.1) is 24.2 Å². The number of likely N-dealkylation sites (N-methyl/N-ethyl adjacent to an activating group) is 1. The molecule has 152 valence electrons. The minimum Gasteiger partial charge on any atom is -0.360 e. The van der Waals surface area contributed by atoms with Gasteiger partial charge in [-0.3, -0.25) is 19.5 Å². The molecule has 0 aromatic carbocycles. The van der Waals surface area contributed by atoms with E-state index in [-0.39, 0.29) is 29.8 Å². The Hall–Kier alpha value is -2.41. The lowest BCUT2D eigenvalue weighted by molar-refractivity contribution is -0.134. The number of pyridine rings is 1. The fourth-order valence-electron chi connectivity index (χ4n) is 4.19. The number of nitrogens with one attached hydrogen (secondary N) is 2. The standard InChI is InChI=1S/C21H31N5O2/c1-14(2)20(25(3)4)21(28)24-16-6-5-9-26(13-16)19(27)10-15-11-23-18-12-22-8-7-17(15)18/h7-8,11-12,14,16,20,23H,5-6,9-10,13H2,1-4H3,(H,24,28)/t16-,20?/m0/s1. The summed E-state index contributed by atoms with van der Waals surface area (Å²) < 4.78 is 0. The maximum Gasteiger partial charge on any atom is 0.237 e. The Morgan fingerprint density at radius 2 is 2.18 bits per heavy atom. The van der Waals surface area contributed by atoms with Crippen LogP contribution in [-0.2, 0) is 16.0 Å². The number of piperidine rings is 1. The van der Waals surface area contributed by atoms with Gasteiger partial charge in [-0.1, -0.05) is 13.8 Å². The highest BCUT2D eigenvalue weighted by Gasteiger charge is 2.29. The van der Waals surface area contributed by atoms with Gasteiger partial charge in [0.1, 0.15) is 0 Å². The number of hydrogen-bond donors (Lipinski definition) is 2. The predicted octanol–water partition coefficient (Wildman–Crippen LogP) is 1.80. The molecule has 3 rings (SSSR count). The summed E-state index contributed by atoms with van der Waals surface area (Å²) in [5.74, 6) is 0.376. The number of aromatic amines is 1. The maximum atomic E-state index is 12.9. The molecular weight excluding hydrogens is 354 g/mol. The van der Waals surface area contributed by atoms with Crippen LogP contribution in [0.2, 0.25) is 0 Å². The molecule has 3 heterocycles. The molecule has 1 aliphatic rings. The fourth-order valence-corrected chi connectivity index (χ4v) is 4.19. The lowest BCUT2D eigenvalue weighted by atomic mass is 10.00. The zero-order valence-electron chi connectivity index (χ0n) is 17.2. The van der Waals surface area contributed by atoms with E-state index in [1.54, 1.807) is 12.4 Å². The third-order valence-electron chi connectivity index (χ3n) is 5.49. The summed E-state index contributed by atoms with van der Waals surface area (Å²) in [6.45, 7) is 5.43. The Balaban J connectivity index is 1.61. The summed E-state index contributed by atoms with van der Waals surface area (Å²) in [5.41, 5.74) is 1.93. The average molecular weight is 386 g/mol. The first kappa shape index (κ1) is 20.3. The Bertz CT molecular complexity index is 821. The van der Waals surface area contributed by atoms with Gasteiger partial charge in [-0.05, 0) is 44.5 Å². The SMILES string of the molecule is CC(C)C(C(=O)N[C@H]1CCCN(C(=O)Cc2c[nH]c3cnccc23)C1)N(C)C. The fraction of sp³-hybridized carbons (Fsp3) is 0.571. The first-order valence-corrected chi connectivity index (χ1v) is 10.0. The van der Waals surface area contributed by atoms with Gasteiger partial charge < -0.3 is 15.2 Å². The van der Waals surface area contributed by atoms with Crippen LogP contribution in [0.15, 0.2) is 24.7 Å². The van der Waals surface area contributed by atoms with E-state index >= 15 is 0 Å². The number of carbonyl (C=O) groups is 2. The van der Waals surface area contributed by atoms with Crippen molar-refractivity contribution in [1.29, 1.82) is 0 Å². The van der Waals surface area contributed by atoms with Gasteiger partial charge in [0.25, 0.3) is 0 Å². The van der Waals surface area contributed by atoms with Crippen LogP contribution < -0.4 is 5.32 Å². The smallest absolute Gasteiger partial charge is 0.237 e. The summed E-state index contributed by atoms with van der Waals surface area (Å²) >= 11 is 0. The molecule has 2 amide bonds. The molecule has 1 aliphatic heterocycles. The van der Waals surface area contributed by atoms with Crippen molar-refractivity contribution in [2.24, 2.45) is 5.92 Å². The number of amides is 2. The minimum atomic E-state index is -0.161. The first-order chi connectivity index (χ1) is 13.4. The monoisotopic (exact) mass is 385 g/mol. The van der Waals surface area contributed by atoms with Crippen LogP contribution in [-0.4, -0.2) is 70.9 Å². The van der Waals surface area contributed by atoms with E-state index in [0.29, 0.717) is 13.0 Å². The van der Waals surface area contributed by atoms with Crippen molar-refractivity contribution < 1.29 is 9.59 Å². The molecule has 7 heteroatoms. The Kier molecular flexibility index (Phi) is 6.34. The molecule has 0 radical (unpaired) electrons. The van der Waals surface area contributed by atoms with Crippen LogP contribution in [0.3, 0.4) is 0 Å². The largest absolute Gasteiger partial charge is 0.360 e. The number of likely N-dealkylation sites (tertiary alicyclic amines) is 1. The third kappa shape index (κ3) is 4.52. The zero-order valence-corrected chi connectivity index (χ0v) is 17.2. The van der Waals surface area contributed by atoms with E-state index in [0.717, 1.165) is 35.9 Å². The summed E-state index contributed by atoms with van der Waals surface area (Å²) in [6.07, 6.45) is 7.57. The molecule has 2 N–H and O–H groups in total. The summed E-state index contributed by atoms with van der Waals surface area (Å²) in [6, 6.07) is 1.78. The predicted molar refractivity (Wildman–Crippen MR) is 110 cm³/mol. The van der Waals surface area contributed by atoms with Gasteiger partial charge >= 0.3 is 0 Å². The van der Waals surface area contributed by atoms with Crippen LogP contribution in [0.5, 0.6) is 0 Å². The lowest BCUT2D eigenvalue weighted by Crippen LogP contribution is -2.55. The highest BCUT2D eigenvalue weighted by atomic mass is 16.2. The Morgan fingerprint density at radius 3 is 2.89 bits per heavy atom. The van der Waals surface area contributed by atoms with E-state index in [9.17, 15) is 9.59 Å². The minimum absolute atomic E-state index is 0.0126. The molecule has 2 aromatic heterocycles. The lowest BCUT2D eigenvalue weighted by Gasteiger charge is -2.35. The normalized spacial score (nSPS) is 18.6. The van der Waals surface area contributed by atoms with Crippen molar-refractivity contribution in [3.05, 3.63) is 30.2 Å². The molecule has 2 aromatic rings. The van der Waals surface area contributed by atoms with Gasteiger partial charge in [-0.25, -0.2) is 0 Å². The number of nitrogens with zero attached hydrogens (tertiary/aromatic N) is 3. The highest BCUT2D eigenvalue weighted by molar-refractivity contribution is 5.88. The third-order valence-corrected chi connectivity index (χ3v) is 5.49. The molecule has 2 atom stereocenters. The van der Waals surface area contributed by atoms with E-state index in [4.69, 9.17) is 0 Å². The molecule has 0 aliphatic carbocycles. The van der Waals surface area contributed by atoms with Crippen LogP contribution in [0.1, 0.15) is 32.3 Å². The van der Waals surface area contributed by atoms with E-state index in [1.165, 1.54) is 0 Å². The van der Waals surface area contributed by atoms with Gasteiger partial charge in [-0.2, -0.15) is 0 Å². The molecule has 7 nitrogen and oxygen atoms in total. The average Bonchev–Trinajstić information content (AvgIpc) is 3.04. The van der Waals surface area contributed by atoms with Crippen LogP contribution in [0.4, 0.5) is 0 Å². The molecule has 0 spiro atoms. The van der Waals surface area contributed by atoms with Crippen molar-refractivity contribution >= 4 is 22.7 Å². The summed E-state index contributed by atoms with van der Waals surface area (Å²) in [7, 11) is 3.86. The maximum absolute atomic E-state index is 12.9. The van der Waals surface area contributed by atoms with Crippen molar-refractivity contribution in [3.8, 4) is 0 Å². The Labute approximate surface area is 166 Å². The van der Waals surface area contributed by atoms with E-state index in [2.05, 4.69) is 29.1 Å². The van der Waals surface area contributed by atoms with E-state index < -0.39 is 0 Å². The molecule has 1 unspecified atom stereocenters. The van der Waals surface area contributed by atoms with Gasteiger partial charge in [0, 0.05) is 36.9 Å². The van der Waals surface area contributed by atoms with Crippen LogP contribution in [0, 0.1) is 5.92 Å². The number of fused-ring (bicyclic) bond motifs is 1. The highest BCUT2D eigenvalue weighted by Crippen LogP contribution is 2.19. The second kappa shape index (κ2) is 8.73. The van der Waals surface area contributed by atoms with Crippen LogP contribution in [0.25, 0.3) is 10.9 Å². The molecule has 0 saturated carbocycles. The van der Waals surface area contributed by atoms with Crippen LogP contribution >= 0.6 is 0 Å². The number of carbonyl (C=O) groups excluding carboxylic acids is 2. The zero-order chi connectivity index (χ0) is 20.3. The number of aromatic nitrogens is 2.